The molecule has 5 rings (SSSR count). The van der Waals surface area contributed by atoms with Crippen LogP contribution in [0.4, 0.5) is 0 Å². The van der Waals surface area contributed by atoms with Crippen LogP contribution in [0.15, 0.2) is 55.0 Å². The number of hydrogen-bond acceptors (Lipinski definition) is 6. The molecule has 0 aliphatic carbocycles. The lowest BCUT2D eigenvalue weighted by Crippen LogP contribution is -2.43. The molecule has 4 aromatic heterocycles. The first-order chi connectivity index (χ1) is 14.7. The fourth-order valence-corrected chi connectivity index (χ4v) is 3.73. The second-order valence-corrected chi connectivity index (χ2v) is 7.47. The third kappa shape index (κ3) is 3.42. The van der Waals surface area contributed by atoms with E-state index in [1.54, 1.807) is 24.7 Å². The predicted octanol–water partition coefficient (Wildman–Crippen LogP) is 2.65. The van der Waals surface area contributed by atoms with Gasteiger partial charge in [-0.3, -0.25) is 19.9 Å². The van der Waals surface area contributed by atoms with Crippen molar-refractivity contribution >= 4 is 16.8 Å². The van der Waals surface area contributed by atoms with Gasteiger partial charge in [0.25, 0.3) is 5.91 Å². The van der Waals surface area contributed by atoms with Gasteiger partial charge in [-0.05, 0) is 43.2 Å². The Morgan fingerprint density at radius 2 is 1.97 bits per heavy atom. The van der Waals surface area contributed by atoms with Gasteiger partial charge < -0.3 is 10.6 Å². The van der Waals surface area contributed by atoms with E-state index >= 15 is 0 Å². The number of rotatable bonds is 3. The van der Waals surface area contributed by atoms with Gasteiger partial charge in [-0.1, -0.05) is 6.07 Å². The van der Waals surface area contributed by atoms with Crippen molar-refractivity contribution in [3.8, 4) is 22.6 Å². The number of aromatic nitrogens is 5. The van der Waals surface area contributed by atoms with E-state index in [4.69, 9.17) is 5.73 Å². The zero-order valence-electron chi connectivity index (χ0n) is 16.3. The Morgan fingerprint density at radius 1 is 1.10 bits per heavy atom. The molecule has 0 aromatic carbocycles. The van der Waals surface area contributed by atoms with E-state index in [9.17, 15) is 4.79 Å². The van der Waals surface area contributed by atoms with Gasteiger partial charge in [-0.15, -0.1) is 0 Å². The first-order valence-electron chi connectivity index (χ1n) is 9.96. The van der Waals surface area contributed by atoms with Gasteiger partial charge in [-0.2, -0.15) is 5.10 Å². The summed E-state index contributed by atoms with van der Waals surface area (Å²) < 4.78 is 0. The summed E-state index contributed by atoms with van der Waals surface area (Å²) in [5.41, 5.74) is 10.2. The molecule has 0 saturated carbocycles. The predicted molar refractivity (Wildman–Crippen MR) is 113 cm³/mol. The highest BCUT2D eigenvalue weighted by Crippen LogP contribution is 2.28. The largest absolute Gasteiger partial charge is 0.337 e. The molecule has 0 spiro atoms. The molecule has 0 bridgehead atoms. The monoisotopic (exact) mass is 399 g/mol. The summed E-state index contributed by atoms with van der Waals surface area (Å²) in [6, 6.07) is 11.4. The number of nitrogens with one attached hydrogen (secondary N) is 1. The third-order valence-electron chi connectivity index (χ3n) is 5.44. The molecule has 1 amide bonds. The highest BCUT2D eigenvalue weighted by atomic mass is 16.2. The van der Waals surface area contributed by atoms with Crippen LogP contribution in [-0.2, 0) is 0 Å². The van der Waals surface area contributed by atoms with Crippen LogP contribution in [0.2, 0.25) is 0 Å². The lowest BCUT2D eigenvalue weighted by atomic mass is 10.1. The second-order valence-electron chi connectivity index (χ2n) is 7.47. The van der Waals surface area contributed by atoms with Crippen LogP contribution in [0.25, 0.3) is 33.5 Å². The normalized spacial score (nSPS) is 14.9. The first-order valence-corrected chi connectivity index (χ1v) is 9.96. The molecule has 1 saturated heterocycles. The minimum Gasteiger partial charge on any atom is -0.337 e. The van der Waals surface area contributed by atoms with Crippen molar-refractivity contribution in [2.45, 2.75) is 18.9 Å². The summed E-state index contributed by atoms with van der Waals surface area (Å²) >= 11 is 0. The van der Waals surface area contributed by atoms with Crippen molar-refractivity contribution in [3.63, 3.8) is 0 Å². The summed E-state index contributed by atoms with van der Waals surface area (Å²) in [6.45, 7) is 1.33. The topological polar surface area (TPSA) is 114 Å². The SMILES string of the molecule is NC1CCN(C(=O)c2cccc(-c3n[nH]c4cnc(-c5cccnc5)cc34)n2)CC1. The Morgan fingerprint density at radius 3 is 2.77 bits per heavy atom. The smallest absolute Gasteiger partial charge is 0.272 e. The number of nitrogens with zero attached hydrogens (tertiary/aromatic N) is 5. The fraction of sp³-hybridized carbons (Fsp3) is 0.227. The Kier molecular flexibility index (Phi) is 4.68. The van der Waals surface area contributed by atoms with Crippen molar-refractivity contribution in [2.75, 3.05) is 13.1 Å². The van der Waals surface area contributed by atoms with E-state index in [0.29, 0.717) is 30.2 Å². The molecule has 3 N–H and O–H groups in total. The summed E-state index contributed by atoms with van der Waals surface area (Å²) in [5.74, 6) is -0.0682. The lowest BCUT2D eigenvalue weighted by Gasteiger charge is -2.29. The Balaban J connectivity index is 1.50. The molecular weight excluding hydrogens is 378 g/mol. The van der Waals surface area contributed by atoms with Gasteiger partial charge in [0.1, 0.15) is 11.4 Å². The number of pyridine rings is 3. The molecule has 0 radical (unpaired) electrons. The number of hydrogen-bond donors (Lipinski definition) is 2. The van der Waals surface area contributed by atoms with Crippen molar-refractivity contribution in [1.82, 2.24) is 30.0 Å². The molecular formula is C22H21N7O. The maximum absolute atomic E-state index is 12.9. The molecule has 0 unspecified atom stereocenters. The number of fused-ring (bicyclic) bond motifs is 1. The minimum atomic E-state index is -0.0682. The molecule has 1 fully saturated rings. The van der Waals surface area contributed by atoms with E-state index in [1.807, 2.05) is 35.2 Å². The Bertz CT molecular complexity index is 1200. The molecule has 1 aliphatic heterocycles. The van der Waals surface area contributed by atoms with Crippen LogP contribution < -0.4 is 5.73 Å². The van der Waals surface area contributed by atoms with Gasteiger partial charge in [0.15, 0.2) is 0 Å². The maximum Gasteiger partial charge on any atom is 0.272 e. The summed E-state index contributed by atoms with van der Waals surface area (Å²) in [7, 11) is 0. The number of H-pyrrole nitrogens is 1. The molecule has 1 aliphatic rings. The van der Waals surface area contributed by atoms with Crippen molar-refractivity contribution in [1.29, 1.82) is 0 Å². The number of nitrogens with two attached hydrogens (primary N) is 1. The Hall–Kier alpha value is -3.65. The van der Waals surface area contributed by atoms with E-state index < -0.39 is 0 Å². The summed E-state index contributed by atoms with van der Waals surface area (Å²) in [5, 5.41) is 8.34. The van der Waals surface area contributed by atoms with Crippen LogP contribution in [0, 0.1) is 0 Å². The Labute approximate surface area is 173 Å². The average Bonchev–Trinajstić information content (AvgIpc) is 3.23. The molecule has 30 heavy (non-hydrogen) atoms. The van der Waals surface area contributed by atoms with Crippen LogP contribution in [0.1, 0.15) is 23.3 Å². The van der Waals surface area contributed by atoms with Crippen LogP contribution >= 0.6 is 0 Å². The molecule has 5 heterocycles. The minimum absolute atomic E-state index is 0.0682. The van der Waals surface area contributed by atoms with Gasteiger partial charge in [0, 0.05) is 42.5 Å². The number of carbonyl (C=O) groups is 1. The number of aromatic amines is 1. The standard InChI is InChI=1S/C22H21N7O/c23-15-6-9-29(10-7-15)22(30)18-5-1-4-17(26-18)21-16-11-19(14-3-2-8-24-12-14)25-13-20(16)27-28-21/h1-5,8,11-13,15H,6-7,9-10,23H2,(H,27,28). The molecule has 150 valence electrons. The van der Waals surface area contributed by atoms with E-state index in [2.05, 4.69) is 25.1 Å². The zero-order valence-corrected chi connectivity index (χ0v) is 16.3. The highest BCUT2D eigenvalue weighted by molar-refractivity contribution is 5.96. The maximum atomic E-state index is 12.9. The first kappa shape index (κ1) is 18.4. The van der Waals surface area contributed by atoms with Crippen LogP contribution in [-0.4, -0.2) is 55.1 Å². The van der Waals surface area contributed by atoms with Gasteiger partial charge in [-0.25, -0.2) is 4.98 Å². The average molecular weight is 399 g/mol. The molecule has 8 nitrogen and oxygen atoms in total. The van der Waals surface area contributed by atoms with E-state index in [1.165, 1.54) is 0 Å². The van der Waals surface area contributed by atoms with Gasteiger partial charge >= 0.3 is 0 Å². The number of amides is 1. The van der Waals surface area contributed by atoms with Crippen molar-refractivity contribution in [3.05, 3.63) is 60.7 Å². The van der Waals surface area contributed by atoms with Crippen molar-refractivity contribution in [2.24, 2.45) is 5.73 Å². The quantitative estimate of drug-likeness (QED) is 0.547. The number of piperidine rings is 1. The van der Waals surface area contributed by atoms with Crippen LogP contribution in [0.5, 0.6) is 0 Å². The van der Waals surface area contributed by atoms with Gasteiger partial charge in [0.2, 0.25) is 0 Å². The fourth-order valence-electron chi connectivity index (χ4n) is 3.73. The van der Waals surface area contributed by atoms with E-state index in [0.717, 1.165) is 35.0 Å². The molecule has 8 heteroatoms. The summed E-state index contributed by atoms with van der Waals surface area (Å²) in [6.07, 6.45) is 6.89. The highest BCUT2D eigenvalue weighted by Gasteiger charge is 2.23. The zero-order chi connectivity index (χ0) is 20.5. The summed E-state index contributed by atoms with van der Waals surface area (Å²) in [4.78, 5) is 28.0. The number of likely N-dealkylation sites (tertiary alicyclic amines) is 1. The van der Waals surface area contributed by atoms with E-state index in [-0.39, 0.29) is 11.9 Å². The lowest BCUT2D eigenvalue weighted by molar-refractivity contribution is 0.0709. The second kappa shape index (κ2) is 7.64. The molecule has 4 aromatic rings. The number of carbonyl (C=O) groups excluding carboxylic acids is 1. The third-order valence-corrected chi connectivity index (χ3v) is 5.44. The molecule has 0 atom stereocenters. The van der Waals surface area contributed by atoms with Gasteiger partial charge in [0.05, 0.1) is 23.1 Å². The van der Waals surface area contributed by atoms with Crippen LogP contribution in [0.3, 0.4) is 0 Å². The van der Waals surface area contributed by atoms with Crippen molar-refractivity contribution < 1.29 is 4.79 Å².